The number of benzene rings is 2. The van der Waals surface area contributed by atoms with Gasteiger partial charge in [0.05, 0.1) is 0 Å². The van der Waals surface area contributed by atoms with E-state index in [2.05, 4.69) is 87.8 Å². The van der Waals surface area contributed by atoms with Gasteiger partial charge >= 0.3 is 0 Å². The molecular formula is C27H28N2OS. The van der Waals surface area contributed by atoms with E-state index in [9.17, 15) is 0 Å². The summed E-state index contributed by atoms with van der Waals surface area (Å²) in [5.74, 6) is 0.491. The highest BCUT2D eigenvalue weighted by Crippen LogP contribution is 2.54. The monoisotopic (exact) mass is 428 g/mol. The molecule has 3 heterocycles. The van der Waals surface area contributed by atoms with Crippen molar-refractivity contribution < 1.29 is 4.42 Å². The fourth-order valence-electron chi connectivity index (χ4n) is 4.82. The van der Waals surface area contributed by atoms with Gasteiger partial charge < -0.3 is 9.32 Å². The van der Waals surface area contributed by atoms with Crippen LogP contribution >= 0.6 is 11.8 Å². The molecule has 0 bridgehead atoms. The van der Waals surface area contributed by atoms with E-state index in [-0.39, 0.29) is 5.37 Å². The number of nitrogens with zero attached hydrogens (tertiary/aromatic N) is 2. The van der Waals surface area contributed by atoms with Crippen LogP contribution in [-0.2, 0) is 0 Å². The van der Waals surface area contributed by atoms with Crippen molar-refractivity contribution >= 4 is 39.5 Å². The lowest BCUT2D eigenvalue weighted by molar-refractivity contribution is 0.653. The summed E-state index contributed by atoms with van der Waals surface area (Å²) < 4.78 is 6.04. The van der Waals surface area contributed by atoms with Gasteiger partial charge in [0, 0.05) is 33.3 Å². The van der Waals surface area contributed by atoms with Gasteiger partial charge in [-0.25, -0.2) is 4.98 Å². The van der Waals surface area contributed by atoms with Crippen molar-refractivity contribution in [1.29, 1.82) is 0 Å². The number of hydrogen-bond donors (Lipinski definition) is 0. The van der Waals surface area contributed by atoms with Crippen LogP contribution in [0.15, 0.2) is 63.7 Å². The van der Waals surface area contributed by atoms with Crippen LogP contribution in [0, 0.1) is 26.7 Å². The van der Waals surface area contributed by atoms with Crippen LogP contribution < -0.4 is 4.90 Å². The van der Waals surface area contributed by atoms with Crippen molar-refractivity contribution in [3.8, 4) is 0 Å². The fourth-order valence-corrected chi connectivity index (χ4v) is 6.47. The first-order valence-corrected chi connectivity index (χ1v) is 11.8. The van der Waals surface area contributed by atoms with E-state index in [0.717, 1.165) is 16.4 Å². The van der Waals surface area contributed by atoms with Crippen molar-refractivity contribution in [2.75, 3.05) is 4.90 Å². The maximum Gasteiger partial charge on any atom is 0.227 e. The van der Waals surface area contributed by atoms with Crippen LogP contribution in [-0.4, -0.2) is 4.98 Å². The summed E-state index contributed by atoms with van der Waals surface area (Å²) in [5, 5.41) is 2.42. The highest BCUT2D eigenvalue weighted by Gasteiger charge is 2.36. The molecule has 4 aromatic rings. The second-order valence-corrected chi connectivity index (χ2v) is 9.97. The summed E-state index contributed by atoms with van der Waals surface area (Å²) in [4.78, 5) is 8.42. The number of pyridine rings is 1. The van der Waals surface area contributed by atoms with Gasteiger partial charge in [-0.15, -0.1) is 0 Å². The number of thioether (sulfide) groups is 1. The van der Waals surface area contributed by atoms with Crippen molar-refractivity contribution in [2.45, 2.75) is 46.9 Å². The molecule has 4 heteroatoms. The Morgan fingerprint density at radius 3 is 2.39 bits per heavy atom. The second-order valence-electron chi connectivity index (χ2n) is 8.84. The maximum atomic E-state index is 6.04. The summed E-state index contributed by atoms with van der Waals surface area (Å²) in [6, 6.07) is 15.2. The number of anilines is 1. The molecule has 0 fully saturated rings. The topological polar surface area (TPSA) is 29.3 Å². The van der Waals surface area contributed by atoms with Crippen LogP contribution in [0.5, 0.6) is 0 Å². The molecule has 31 heavy (non-hydrogen) atoms. The number of allylic oxidation sites excluding steroid dienone is 2. The first-order chi connectivity index (χ1) is 14.9. The lowest BCUT2D eigenvalue weighted by Crippen LogP contribution is -2.23. The quantitative estimate of drug-likeness (QED) is 0.330. The third-order valence-corrected chi connectivity index (χ3v) is 8.02. The molecule has 0 saturated heterocycles. The summed E-state index contributed by atoms with van der Waals surface area (Å²) in [6.07, 6.45) is 1.79. The maximum absolute atomic E-state index is 6.04. The number of rotatable bonds is 3. The van der Waals surface area contributed by atoms with E-state index < -0.39 is 0 Å². The van der Waals surface area contributed by atoms with Crippen molar-refractivity contribution in [3.05, 3.63) is 81.5 Å². The normalized spacial score (nSPS) is 17.0. The summed E-state index contributed by atoms with van der Waals surface area (Å²) >= 11 is 2.00. The summed E-state index contributed by atoms with van der Waals surface area (Å²) in [5.41, 5.74) is 9.51. The molecular weight excluding hydrogens is 400 g/mol. The molecule has 0 N–H and O–H groups in total. The Hall–Kier alpha value is -2.72. The molecule has 2 aromatic heterocycles. The largest absolute Gasteiger partial charge is 0.438 e. The van der Waals surface area contributed by atoms with E-state index in [1.165, 1.54) is 38.5 Å². The average Bonchev–Trinajstić information content (AvgIpc) is 3.24. The van der Waals surface area contributed by atoms with Gasteiger partial charge in [-0.2, -0.15) is 0 Å². The molecule has 1 aliphatic rings. The molecule has 1 aliphatic heterocycles. The van der Waals surface area contributed by atoms with Crippen LogP contribution in [0.1, 0.15) is 48.4 Å². The third kappa shape index (κ3) is 3.16. The minimum Gasteiger partial charge on any atom is -0.438 e. The van der Waals surface area contributed by atoms with Crippen LogP contribution in [0.25, 0.3) is 22.1 Å². The van der Waals surface area contributed by atoms with E-state index in [1.54, 1.807) is 6.20 Å². The van der Waals surface area contributed by atoms with Crippen LogP contribution in [0.2, 0.25) is 0 Å². The van der Waals surface area contributed by atoms with Crippen molar-refractivity contribution in [1.82, 2.24) is 4.98 Å². The van der Waals surface area contributed by atoms with Gasteiger partial charge in [-0.3, -0.25) is 0 Å². The highest BCUT2D eigenvalue weighted by atomic mass is 32.2. The third-order valence-electron chi connectivity index (χ3n) is 6.33. The van der Waals surface area contributed by atoms with Crippen molar-refractivity contribution in [2.24, 2.45) is 5.92 Å². The molecule has 3 nitrogen and oxygen atoms in total. The predicted molar refractivity (Wildman–Crippen MR) is 133 cm³/mol. The summed E-state index contributed by atoms with van der Waals surface area (Å²) in [7, 11) is 0. The van der Waals surface area contributed by atoms with Gasteiger partial charge in [0.25, 0.3) is 0 Å². The number of fused-ring (bicyclic) bond motifs is 3. The van der Waals surface area contributed by atoms with Gasteiger partial charge in [0.15, 0.2) is 0 Å². The minimum atomic E-state index is 0.228. The zero-order chi connectivity index (χ0) is 21.9. The zero-order valence-electron chi connectivity index (χ0n) is 19.0. The number of aryl methyl sites for hydroxylation is 3. The Bertz CT molecular complexity index is 1330. The summed E-state index contributed by atoms with van der Waals surface area (Å²) in [6.45, 7) is 13.5. The van der Waals surface area contributed by atoms with Gasteiger partial charge in [0.2, 0.25) is 5.71 Å². The fraction of sp³-hybridized carbons (Fsp3) is 0.296. The standard InChI is InChI=1S/C27H28N2OS/c1-15(2)25-19(6)29(27(31-25)24-16(3)9-7-10-17(24)4)22-14-21-20-11-8-12-28-26(20)30-23(21)13-18(22)5/h7-15,27H,1-6H3. The average molecular weight is 429 g/mol. The molecule has 0 amide bonds. The van der Waals surface area contributed by atoms with E-state index in [0.29, 0.717) is 11.6 Å². The van der Waals surface area contributed by atoms with Gasteiger partial charge in [-0.1, -0.05) is 43.8 Å². The number of aromatic nitrogens is 1. The Morgan fingerprint density at radius 1 is 0.935 bits per heavy atom. The number of hydrogen-bond acceptors (Lipinski definition) is 4. The molecule has 0 spiro atoms. The lowest BCUT2D eigenvalue weighted by atomic mass is 10.0. The van der Waals surface area contributed by atoms with E-state index in [1.807, 2.05) is 17.8 Å². The zero-order valence-corrected chi connectivity index (χ0v) is 19.8. The van der Waals surface area contributed by atoms with Gasteiger partial charge in [0.1, 0.15) is 11.0 Å². The molecule has 0 aliphatic carbocycles. The lowest BCUT2D eigenvalue weighted by Gasteiger charge is -2.31. The second kappa shape index (κ2) is 7.45. The smallest absolute Gasteiger partial charge is 0.227 e. The van der Waals surface area contributed by atoms with E-state index in [4.69, 9.17) is 4.42 Å². The Kier molecular flexibility index (Phi) is 4.86. The molecule has 5 rings (SSSR count). The van der Waals surface area contributed by atoms with Crippen LogP contribution in [0.4, 0.5) is 5.69 Å². The highest BCUT2D eigenvalue weighted by molar-refractivity contribution is 8.03. The van der Waals surface area contributed by atoms with Crippen LogP contribution in [0.3, 0.4) is 0 Å². The molecule has 1 unspecified atom stereocenters. The Balaban J connectivity index is 1.76. The Labute approximate surface area is 188 Å². The van der Waals surface area contributed by atoms with Crippen molar-refractivity contribution in [3.63, 3.8) is 0 Å². The molecule has 158 valence electrons. The molecule has 1 atom stereocenters. The Morgan fingerprint density at radius 2 is 1.68 bits per heavy atom. The molecule has 0 radical (unpaired) electrons. The first kappa shape index (κ1) is 20.2. The van der Waals surface area contributed by atoms with E-state index >= 15 is 0 Å². The molecule has 0 saturated carbocycles. The molecule has 2 aromatic carbocycles. The predicted octanol–water partition coefficient (Wildman–Crippen LogP) is 8.05. The SMILES string of the molecule is CC1=C(C(C)C)SC(c2c(C)cccc2C)N1c1cc2c(cc1C)oc1ncccc12. The number of furan rings is 1. The van der Waals surface area contributed by atoms with Gasteiger partial charge in [-0.05, 0) is 80.1 Å². The minimum absolute atomic E-state index is 0.228. The first-order valence-electron chi connectivity index (χ1n) is 10.9.